The fourth-order valence-corrected chi connectivity index (χ4v) is 3.32. The van der Waals surface area contributed by atoms with Crippen molar-refractivity contribution in [1.82, 2.24) is 24.1 Å². The van der Waals surface area contributed by atoms with Crippen molar-refractivity contribution in [1.29, 1.82) is 0 Å². The van der Waals surface area contributed by atoms with Crippen molar-refractivity contribution in [2.45, 2.75) is 33.7 Å². The van der Waals surface area contributed by atoms with Gasteiger partial charge in [-0.05, 0) is 43.5 Å². The highest BCUT2D eigenvalue weighted by Crippen LogP contribution is 2.31. The van der Waals surface area contributed by atoms with Crippen LogP contribution < -0.4 is 10.3 Å². The summed E-state index contributed by atoms with van der Waals surface area (Å²) in [5, 5.41) is 4.41. The molecule has 0 aliphatic carbocycles. The van der Waals surface area contributed by atoms with E-state index in [1.54, 1.807) is 27.5 Å². The van der Waals surface area contributed by atoms with Crippen molar-refractivity contribution in [2.24, 2.45) is 5.92 Å². The van der Waals surface area contributed by atoms with E-state index in [4.69, 9.17) is 9.72 Å². The van der Waals surface area contributed by atoms with E-state index in [-0.39, 0.29) is 5.56 Å². The summed E-state index contributed by atoms with van der Waals surface area (Å²) in [5.41, 5.74) is 3.84. The van der Waals surface area contributed by atoms with E-state index < -0.39 is 0 Å². The molecule has 0 N–H and O–H groups in total. The molecule has 7 heteroatoms. The number of hydrogen-bond donors (Lipinski definition) is 0. The first-order valence-corrected chi connectivity index (χ1v) is 10.2. The zero-order valence-electron chi connectivity index (χ0n) is 17.4. The maximum atomic E-state index is 12.5. The summed E-state index contributed by atoms with van der Waals surface area (Å²) in [5.74, 6) is 1.10. The maximum Gasteiger partial charge on any atom is 0.251 e. The third-order valence-electron chi connectivity index (χ3n) is 4.95. The van der Waals surface area contributed by atoms with Crippen LogP contribution in [0.4, 0.5) is 0 Å². The molecular weight excluding hydrogens is 378 g/mol. The fourth-order valence-electron chi connectivity index (χ4n) is 3.32. The highest BCUT2D eigenvalue weighted by Gasteiger charge is 2.15. The van der Waals surface area contributed by atoms with Gasteiger partial charge in [-0.15, -0.1) is 0 Å². The first-order valence-electron chi connectivity index (χ1n) is 10.2. The summed E-state index contributed by atoms with van der Waals surface area (Å²) >= 11 is 0. The lowest BCUT2D eigenvalue weighted by Gasteiger charge is -2.09. The van der Waals surface area contributed by atoms with Crippen LogP contribution in [0.15, 0.2) is 59.9 Å². The zero-order valence-corrected chi connectivity index (χ0v) is 17.4. The van der Waals surface area contributed by atoms with E-state index >= 15 is 0 Å². The van der Waals surface area contributed by atoms with Gasteiger partial charge in [0.05, 0.1) is 24.1 Å². The molecule has 0 radical (unpaired) electrons. The second-order valence-corrected chi connectivity index (χ2v) is 7.56. The molecule has 0 amide bonds. The van der Waals surface area contributed by atoms with Gasteiger partial charge in [-0.2, -0.15) is 5.10 Å². The quantitative estimate of drug-likeness (QED) is 0.465. The van der Waals surface area contributed by atoms with Crippen LogP contribution in [0.2, 0.25) is 0 Å². The molecule has 4 aromatic rings. The van der Waals surface area contributed by atoms with Crippen molar-refractivity contribution in [3.63, 3.8) is 0 Å². The Morgan fingerprint density at radius 3 is 2.77 bits per heavy atom. The number of aryl methyl sites for hydroxylation is 1. The largest absolute Gasteiger partial charge is 0.478 e. The predicted molar refractivity (Wildman–Crippen MR) is 117 cm³/mol. The lowest BCUT2D eigenvalue weighted by molar-refractivity contribution is 0.328. The van der Waals surface area contributed by atoms with Crippen LogP contribution in [0, 0.1) is 5.92 Å². The third kappa shape index (κ3) is 3.96. The maximum absolute atomic E-state index is 12.5. The minimum atomic E-state index is -0.0190. The Balaban J connectivity index is 1.74. The lowest BCUT2D eigenvalue weighted by Crippen LogP contribution is -2.19. The number of aromatic nitrogens is 5. The summed E-state index contributed by atoms with van der Waals surface area (Å²) in [6.45, 7) is 7.47. The molecule has 0 aromatic carbocycles. The summed E-state index contributed by atoms with van der Waals surface area (Å²) in [6.07, 6.45) is 8.12. The Morgan fingerprint density at radius 2 is 2.00 bits per heavy atom. The van der Waals surface area contributed by atoms with Gasteiger partial charge in [0, 0.05) is 42.3 Å². The monoisotopic (exact) mass is 403 g/mol. The summed E-state index contributed by atoms with van der Waals surface area (Å²) in [7, 11) is 0. The van der Waals surface area contributed by atoms with E-state index in [0.717, 1.165) is 35.3 Å². The Bertz CT molecular complexity index is 1230. The van der Waals surface area contributed by atoms with Crippen molar-refractivity contribution in [3.05, 3.63) is 65.5 Å². The molecule has 0 aliphatic heterocycles. The van der Waals surface area contributed by atoms with Crippen LogP contribution in [-0.2, 0) is 6.54 Å². The van der Waals surface area contributed by atoms with Gasteiger partial charge in [0.25, 0.3) is 5.56 Å². The normalized spacial score (nSPS) is 11.3. The van der Waals surface area contributed by atoms with Crippen molar-refractivity contribution < 1.29 is 4.74 Å². The Kier molecular flexibility index (Phi) is 5.61. The molecule has 30 heavy (non-hydrogen) atoms. The standard InChI is InChI=1S/C23H25N5O2/c1-4-30-23-18(6-5-10-24-23)19-15-25-28-13-9-20(26-22(19)28)17-8-12-27(21(29)14-17)11-7-16(2)3/h5-6,8-10,12-16H,4,7,11H2,1-3H3. The number of pyridine rings is 2. The van der Waals surface area contributed by atoms with Crippen LogP contribution in [-0.4, -0.2) is 30.8 Å². The van der Waals surface area contributed by atoms with Gasteiger partial charge in [0.2, 0.25) is 5.88 Å². The van der Waals surface area contributed by atoms with Gasteiger partial charge < -0.3 is 9.30 Å². The Hall–Kier alpha value is -3.48. The van der Waals surface area contributed by atoms with Crippen LogP contribution in [0.25, 0.3) is 28.0 Å². The third-order valence-corrected chi connectivity index (χ3v) is 4.95. The van der Waals surface area contributed by atoms with Crippen LogP contribution >= 0.6 is 0 Å². The minimum absolute atomic E-state index is 0.0190. The molecule has 154 valence electrons. The average molecular weight is 403 g/mol. The minimum Gasteiger partial charge on any atom is -0.478 e. The highest BCUT2D eigenvalue weighted by atomic mass is 16.5. The van der Waals surface area contributed by atoms with E-state index in [1.165, 1.54) is 0 Å². The molecular formula is C23H25N5O2. The number of rotatable bonds is 7. The molecule has 0 bridgehead atoms. The van der Waals surface area contributed by atoms with E-state index in [9.17, 15) is 4.79 Å². The first-order chi connectivity index (χ1) is 14.6. The molecule has 0 unspecified atom stereocenters. The fraction of sp³-hybridized carbons (Fsp3) is 0.304. The molecule has 0 spiro atoms. The summed E-state index contributed by atoms with van der Waals surface area (Å²) in [4.78, 5) is 21.7. The smallest absolute Gasteiger partial charge is 0.251 e. The Labute approximate surface area is 175 Å². The van der Waals surface area contributed by atoms with Crippen molar-refractivity contribution in [3.8, 4) is 28.3 Å². The number of ether oxygens (including phenoxy) is 1. The van der Waals surface area contributed by atoms with Gasteiger partial charge in [0.1, 0.15) is 0 Å². The highest BCUT2D eigenvalue weighted by molar-refractivity contribution is 5.81. The van der Waals surface area contributed by atoms with E-state index in [0.29, 0.717) is 24.1 Å². The van der Waals surface area contributed by atoms with Crippen LogP contribution in [0.5, 0.6) is 5.88 Å². The summed E-state index contributed by atoms with van der Waals surface area (Å²) in [6, 6.07) is 9.25. The van der Waals surface area contributed by atoms with Crippen molar-refractivity contribution >= 4 is 5.65 Å². The second-order valence-electron chi connectivity index (χ2n) is 7.56. The molecule has 0 atom stereocenters. The molecule has 0 saturated carbocycles. The number of fused-ring (bicyclic) bond motifs is 1. The summed E-state index contributed by atoms with van der Waals surface area (Å²) < 4.78 is 9.13. The number of hydrogen-bond acceptors (Lipinski definition) is 5. The van der Waals surface area contributed by atoms with Crippen LogP contribution in [0.1, 0.15) is 27.2 Å². The molecule has 4 heterocycles. The molecule has 0 aliphatic rings. The van der Waals surface area contributed by atoms with E-state index in [2.05, 4.69) is 23.9 Å². The molecule has 0 fully saturated rings. The molecule has 0 saturated heterocycles. The molecule has 7 nitrogen and oxygen atoms in total. The lowest BCUT2D eigenvalue weighted by atomic mass is 10.1. The van der Waals surface area contributed by atoms with E-state index in [1.807, 2.05) is 43.6 Å². The number of nitrogens with zero attached hydrogens (tertiary/aromatic N) is 5. The Morgan fingerprint density at radius 1 is 1.13 bits per heavy atom. The topological polar surface area (TPSA) is 74.3 Å². The SMILES string of the molecule is CCOc1ncccc1-c1cnn2ccc(-c3ccn(CCC(C)C)c(=O)c3)nc12. The van der Waals surface area contributed by atoms with Gasteiger partial charge in [-0.25, -0.2) is 14.5 Å². The molecule has 4 aromatic heterocycles. The predicted octanol–water partition coefficient (Wildman–Crippen LogP) is 4.06. The van der Waals surface area contributed by atoms with Gasteiger partial charge >= 0.3 is 0 Å². The van der Waals surface area contributed by atoms with Crippen molar-refractivity contribution in [2.75, 3.05) is 6.61 Å². The van der Waals surface area contributed by atoms with Gasteiger partial charge in [-0.1, -0.05) is 13.8 Å². The van der Waals surface area contributed by atoms with Crippen LogP contribution in [0.3, 0.4) is 0 Å². The second kappa shape index (κ2) is 8.49. The molecule has 4 rings (SSSR count). The first kappa shape index (κ1) is 19.8. The van der Waals surface area contributed by atoms with Gasteiger partial charge in [-0.3, -0.25) is 4.79 Å². The van der Waals surface area contributed by atoms with Gasteiger partial charge in [0.15, 0.2) is 5.65 Å². The average Bonchev–Trinajstić information content (AvgIpc) is 3.16. The zero-order chi connectivity index (χ0) is 21.1.